The van der Waals surface area contributed by atoms with Crippen molar-refractivity contribution in [3.8, 4) is 5.75 Å². The molecule has 0 saturated heterocycles. The van der Waals surface area contributed by atoms with Gasteiger partial charge in [0.15, 0.2) is 0 Å². The van der Waals surface area contributed by atoms with Crippen molar-refractivity contribution >= 4 is 34.7 Å². The minimum Gasteiger partial charge on any atom is -0.497 e. The Morgan fingerprint density at radius 2 is 2.28 bits per heavy atom. The van der Waals surface area contributed by atoms with Gasteiger partial charge in [-0.1, -0.05) is 12.1 Å². The van der Waals surface area contributed by atoms with Gasteiger partial charge in [-0.25, -0.2) is 0 Å². The molecule has 0 unspecified atom stereocenters. The lowest BCUT2D eigenvalue weighted by Gasteiger charge is -2.06. The van der Waals surface area contributed by atoms with Gasteiger partial charge in [0.05, 0.1) is 17.1 Å². The fourth-order valence-electron chi connectivity index (χ4n) is 1.38. The first-order chi connectivity index (χ1) is 8.78. The lowest BCUT2D eigenvalue weighted by atomic mass is 10.3. The Hall–Kier alpha value is -1.46. The zero-order valence-corrected chi connectivity index (χ0v) is 11.5. The van der Waals surface area contributed by atoms with E-state index in [1.165, 1.54) is 11.8 Å². The van der Waals surface area contributed by atoms with Crippen molar-refractivity contribution in [3.05, 3.63) is 41.8 Å². The molecule has 1 amide bonds. The second-order valence-electron chi connectivity index (χ2n) is 3.50. The average Bonchev–Trinajstić information content (AvgIpc) is 2.90. The Morgan fingerprint density at radius 1 is 1.39 bits per heavy atom. The number of benzene rings is 1. The van der Waals surface area contributed by atoms with Gasteiger partial charge < -0.3 is 10.1 Å². The van der Waals surface area contributed by atoms with E-state index in [2.05, 4.69) is 5.32 Å². The van der Waals surface area contributed by atoms with Crippen LogP contribution in [0.2, 0.25) is 0 Å². The quantitative estimate of drug-likeness (QED) is 0.851. The number of nitrogens with one attached hydrogen (secondary N) is 1. The number of thioether (sulfide) groups is 1. The largest absolute Gasteiger partial charge is 0.497 e. The lowest BCUT2D eigenvalue weighted by Crippen LogP contribution is -2.13. The van der Waals surface area contributed by atoms with Gasteiger partial charge in [-0.3, -0.25) is 4.79 Å². The topological polar surface area (TPSA) is 38.3 Å². The predicted octanol–water partition coefficient (Wildman–Crippen LogP) is 3.49. The fraction of sp³-hybridized carbons (Fsp3) is 0.154. The number of carbonyl (C=O) groups excluding carboxylic acids is 1. The normalized spacial score (nSPS) is 10.1. The van der Waals surface area contributed by atoms with Crippen molar-refractivity contribution in [2.45, 2.75) is 4.21 Å². The predicted molar refractivity (Wildman–Crippen MR) is 76.7 cm³/mol. The van der Waals surface area contributed by atoms with E-state index in [0.29, 0.717) is 5.75 Å². The zero-order valence-electron chi connectivity index (χ0n) is 9.88. The first kappa shape index (κ1) is 13.0. The van der Waals surface area contributed by atoms with E-state index >= 15 is 0 Å². The van der Waals surface area contributed by atoms with Crippen LogP contribution in [-0.4, -0.2) is 18.8 Å². The van der Waals surface area contributed by atoms with E-state index in [1.54, 1.807) is 24.5 Å². The molecule has 2 aromatic rings. The molecule has 1 aromatic heterocycles. The van der Waals surface area contributed by atoms with E-state index in [1.807, 2.05) is 35.7 Å². The number of ether oxygens (including phenoxy) is 1. The van der Waals surface area contributed by atoms with Crippen LogP contribution in [0.1, 0.15) is 0 Å². The summed E-state index contributed by atoms with van der Waals surface area (Å²) in [5.41, 5.74) is 0.756. The van der Waals surface area contributed by atoms with Crippen LogP contribution in [0.5, 0.6) is 5.75 Å². The summed E-state index contributed by atoms with van der Waals surface area (Å²) in [6.07, 6.45) is 0. The molecule has 2 rings (SSSR count). The molecule has 0 spiro atoms. The van der Waals surface area contributed by atoms with Gasteiger partial charge >= 0.3 is 0 Å². The highest BCUT2D eigenvalue weighted by atomic mass is 32.2. The van der Waals surface area contributed by atoms with Crippen LogP contribution in [0.15, 0.2) is 46.0 Å². The standard InChI is InChI=1S/C13H13NO2S2/c1-16-11-5-2-4-10(8-11)14-12(15)9-18-13-6-3-7-17-13/h2-8H,9H2,1H3,(H,14,15). The minimum atomic E-state index is -0.0124. The third-order valence-corrected chi connectivity index (χ3v) is 4.33. The van der Waals surface area contributed by atoms with Crippen LogP contribution in [0.25, 0.3) is 0 Å². The summed E-state index contributed by atoms with van der Waals surface area (Å²) in [5, 5.41) is 4.85. The number of hydrogen-bond acceptors (Lipinski definition) is 4. The van der Waals surface area contributed by atoms with Crippen molar-refractivity contribution in [1.29, 1.82) is 0 Å². The highest BCUT2D eigenvalue weighted by Gasteiger charge is 2.04. The molecule has 0 atom stereocenters. The van der Waals surface area contributed by atoms with E-state index in [4.69, 9.17) is 4.74 Å². The number of amides is 1. The van der Waals surface area contributed by atoms with Gasteiger partial charge in [-0.15, -0.1) is 23.1 Å². The van der Waals surface area contributed by atoms with E-state index in [9.17, 15) is 4.79 Å². The third-order valence-electron chi connectivity index (χ3n) is 2.19. The van der Waals surface area contributed by atoms with Crippen LogP contribution in [0.3, 0.4) is 0 Å². The molecule has 0 aliphatic rings. The number of rotatable bonds is 5. The summed E-state index contributed by atoms with van der Waals surface area (Å²) in [6.45, 7) is 0. The summed E-state index contributed by atoms with van der Waals surface area (Å²) in [5.74, 6) is 1.14. The molecule has 0 radical (unpaired) electrons. The summed E-state index contributed by atoms with van der Waals surface area (Å²) in [4.78, 5) is 11.7. The van der Waals surface area contributed by atoms with Crippen LogP contribution < -0.4 is 10.1 Å². The summed E-state index contributed by atoms with van der Waals surface area (Å²) >= 11 is 3.18. The van der Waals surface area contributed by atoms with Crippen molar-refractivity contribution < 1.29 is 9.53 Å². The van der Waals surface area contributed by atoms with Gasteiger partial charge in [0.2, 0.25) is 5.91 Å². The fourth-order valence-corrected chi connectivity index (χ4v) is 2.96. The maximum absolute atomic E-state index is 11.7. The van der Waals surface area contributed by atoms with Crippen LogP contribution >= 0.6 is 23.1 Å². The zero-order chi connectivity index (χ0) is 12.8. The van der Waals surface area contributed by atoms with E-state index in [0.717, 1.165) is 15.6 Å². The molecule has 0 bridgehead atoms. The Kier molecular flexibility index (Phi) is 4.66. The number of thiophene rings is 1. The third kappa shape index (κ3) is 3.78. The van der Waals surface area contributed by atoms with Crippen molar-refractivity contribution in [2.24, 2.45) is 0 Å². The minimum absolute atomic E-state index is 0.0124. The SMILES string of the molecule is COc1cccc(NC(=O)CSc2cccs2)c1. The van der Waals surface area contributed by atoms with Crippen LogP contribution in [0, 0.1) is 0 Å². The van der Waals surface area contributed by atoms with Gasteiger partial charge in [-0.2, -0.15) is 0 Å². The van der Waals surface area contributed by atoms with Gasteiger partial charge in [-0.05, 0) is 23.6 Å². The van der Waals surface area contributed by atoms with Gasteiger partial charge in [0.1, 0.15) is 5.75 Å². The Labute approximate surface area is 114 Å². The summed E-state index contributed by atoms with van der Waals surface area (Å²) in [6, 6.07) is 11.3. The maximum Gasteiger partial charge on any atom is 0.234 e. The van der Waals surface area contributed by atoms with Crippen molar-refractivity contribution in [3.63, 3.8) is 0 Å². The molecule has 0 saturated carbocycles. The van der Waals surface area contributed by atoms with Crippen molar-refractivity contribution in [2.75, 3.05) is 18.2 Å². The molecule has 0 aliphatic carbocycles. The van der Waals surface area contributed by atoms with E-state index < -0.39 is 0 Å². The van der Waals surface area contributed by atoms with Crippen molar-refractivity contribution in [1.82, 2.24) is 0 Å². The maximum atomic E-state index is 11.7. The average molecular weight is 279 g/mol. The molecule has 0 fully saturated rings. The molecule has 1 N–H and O–H groups in total. The van der Waals surface area contributed by atoms with Crippen LogP contribution in [-0.2, 0) is 4.79 Å². The van der Waals surface area contributed by atoms with Gasteiger partial charge in [0, 0.05) is 11.8 Å². The lowest BCUT2D eigenvalue weighted by molar-refractivity contribution is -0.113. The molecular weight excluding hydrogens is 266 g/mol. The Balaban J connectivity index is 1.86. The molecule has 1 aromatic carbocycles. The monoisotopic (exact) mass is 279 g/mol. The number of hydrogen-bond donors (Lipinski definition) is 1. The number of anilines is 1. The number of carbonyl (C=O) groups is 1. The highest BCUT2D eigenvalue weighted by molar-refractivity contribution is 8.01. The molecule has 3 nitrogen and oxygen atoms in total. The van der Waals surface area contributed by atoms with E-state index in [-0.39, 0.29) is 5.91 Å². The molecule has 94 valence electrons. The summed E-state index contributed by atoms with van der Waals surface area (Å²) in [7, 11) is 1.60. The smallest absolute Gasteiger partial charge is 0.234 e. The second-order valence-corrected chi connectivity index (χ2v) is 5.72. The molecule has 5 heteroatoms. The Bertz CT molecular complexity index is 511. The molecule has 1 heterocycles. The number of methoxy groups -OCH3 is 1. The first-order valence-corrected chi connectivity index (χ1v) is 7.24. The first-order valence-electron chi connectivity index (χ1n) is 5.38. The molecule has 18 heavy (non-hydrogen) atoms. The second kappa shape index (κ2) is 6.47. The molecule has 0 aliphatic heterocycles. The van der Waals surface area contributed by atoms with Gasteiger partial charge in [0.25, 0.3) is 0 Å². The highest BCUT2D eigenvalue weighted by Crippen LogP contribution is 2.23. The summed E-state index contributed by atoms with van der Waals surface area (Å²) < 4.78 is 6.25. The van der Waals surface area contributed by atoms with Crippen LogP contribution in [0.4, 0.5) is 5.69 Å². The Morgan fingerprint density at radius 3 is 3.00 bits per heavy atom. The molecular formula is C13H13NO2S2.